The van der Waals surface area contributed by atoms with Crippen LogP contribution in [0.15, 0.2) is 29.1 Å². The number of nitrogens with zero attached hydrogens (tertiary/aromatic N) is 5. The molecule has 28 heavy (non-hydrogen) atoms. The number of benzene rings is 1. The summed E-state index contributed by atoms with van der Waals surface area (Å²) in [5.41, 5.74) is 1.36. The molecule has 2 aromatic heterocycles. The first-order chi connectivity index (χ1) is 13.6. The number of hydrogen-bond donors (Lipinski definition) is 0. The second-order valence-corrected chi connectivity index (χ2v) is 8.44. The molecule has 3 aromatic rings. The van der Waals surface area contributed by atoms with Crippen molar-refractivity contribution >= 4 is 28.3 Å². The Morgan fingerprint density at radius 3 is 2.82 bits per heavy atom. The SMILES string of the molecule is Cc1nnsc1C(=O)N1CCCC1c1nc2ccccc2c(=O)n1CC1CC1. The number of amides is 1. The minimum absolute atomic E-state index is 0.00226. The quantitative estimate of drug-likeness (QED) is 0.678. The lowest BCUT2D eigenvalue weighted by atomic mass is 10.1. The number of carbonyl (C=O) groups excluding carboxylic acids is 1. The molecule has 0 N–H and O–H groups in total. The molecule has 0 radical (unpaired) electrons. The van der Waals surface area contributed by atoms with Gasteiger partial charge in [0, 0.05) is 13.1 Å². The second-order valence-electron chi connectivity index (χ2n) is 7.69. The third-order valence-corrected chi connectivity index (χ3v) is 6.50. The van der Waals surface area contributed by atoms with Crippen LogP contribution < -0.4 is 5.56 Å². The highest BCUT2D eigenvalue weighted by Crippen LogP contribution is 2.35. The van der Waals surface area contributed by atoms with Gasteiger partial charge in [-0.1, -0.05) is 16.6 Å². The van der Waals surface area contributed by atoms with Crippen LogP contribution in [0.25, 0.3) is 10.9 Å². The van der Waals surface area contributed by atoms with Gasteiger partial charge in [0.25, 0.3) is 11.5 Å². The molecule has 7 nitrogen and oxygen atoms in total. The van der Waals surface area contributed by atoms with Crippen LogP contribution in [0.4, 0.5) is 0 Å². The molecule has 3 heterocycles. The maximum atomic E-state index is 13.2. The second kappa shape index (κ2) is 6.77. The van der Waals surface area contributed by atoms with Gasteiger partial charge < -0.3 is 4.90 Å². The Morgan fingerprint density at radius 2 is 2.07 bits per heavy atom. The lowest BCUT2D eigenvalue weighted by Crippen LogP contribution is -2.36. The van der Waals surface area contributed by atoms with Gasteiger partial charge in [-0.2, -0.15) is 0 Å². The van der Waals surface area contributed by atoms with Crippen molar-refractivity contribution in [1.82, 2.24) is 24.0 Å². The van der Waals surface area contributed by atoms with Gasteiger partial charge in [-0.05, 0) is 62.2 Å². The van der Waals surface area contributed by atoms with Gasteiger partial charge in [0.2, 0.25) is 0 Å². The summed E-state index contributed by atoms with van der Waals surface area (Å²) in [5.74, 6) is 1.20. The molecule has 2 aliphatic rings. The van der Waals surface area contributed by atoms with Gasteiger partial charge in [0.05, 0.1) is 22.6 Å². The molecule has 8 heteroatoms. The summed E-state index contributed by atoms with van der Waals surface area (Å²) in [6.45, 7) is 3.15. The van der Waals surface area contributed by atoms with E-state index in [-0.39, 0.29) is 17.5 Å². The Hall–Kier alpha value is -2.61. The van der Waals surface area contributed by atoms with E-state index in [2.05, 4.69) is 9.59 Å². The van der Waals surface area contributed by atoms with Crippen LogP contribution in [0.5, 0.6) is 0 Å². The monoisotopic (exact) mass is 395 g/mol. The number of aromatic nitrogens is 4. The summed E-state index contributed by atoms with van der Waals surface area (Å²) in [4.78, 5) is 33.7. The summed E-state index contributed by atoms with van der Waals surface area (Å²) in [5, 5.41) is 4.62. The number of likely N-dealkylation sites (tertiary alicyclic amines) is 1. The molecule has 1 atom stereocenters. The first-order valence-electron chi connectivity index (χ1n) is 9.73. The number of para-hydroxylation sites is 1. The fraction of sp³-hybridized carbons (Fsp3) is 0.450. The molecule has 0 bridgehead atoms. The average Bonchev–Trinajstić information content (AvgIpc) is 3.21. The zero-order valence-electron chi connectivity index (χ0n) is 15.7. The summed E-state index contributed by atoms with van der Waals surface area (Å²) in [6, 6.07) is 7.29. The standard InChI is InChI=1S/C20H21N5O2S/c1-12-17(28-23-22-12)20(27)24-10-4-7-16(24)18-21-15-6-3-2-5-14(15)19(26)25(18)11-13-8-9-13/h2-3,5-6,13,16H,4,7-11H2,1H3. The van der Waals surface area contributed by atoms with Crippen molar-refractivity contribution in [3.05, 3.63) is 51.0 Å². The van der Waals surface area contributed by atoms with E-state index >= 15 is 0 Å². The molecule has 1 saturated heterocycles. The van der Waals surface area contributed by atoms with Gasteiger partial charge in [-0.3, -0.25) is 14.2 Å². The van der Waals surface area contributed by atoms with Crippen molar-refractivity contribution in [2.45, 2.75) is 45.2 Å². The Bertz CT molecular complexity index is 1120. The first kappa shape index (κ1) is 17.5. The minimum Gasteiger partial charge on any atom is -0.328 e. The van der Waals surface area contributed by atoms with E-state index in [9.17, 15) is 9.59 Å². The predicted octanol–water partition coefficient (Wildman–Crippen LogP) is 2.94. The van der Waals surface area contributed by atoms with Crippen LogP contribution in [-0.4, -0.2) is 36.5 Å². The van der Waals surface area contributed by atoms with E-state index in [0.717, 1.165) is 43.0 Å². The van der Waals surface area contributed by atoms with Gasteiger partial charge >= 0.3 is 0 Å². The van der Waals surface area contributed by atoms with Crippen LogP contribution in [-0.2, 0) is 6.54 Å². The molecule has 2 fully saturated rings. The van der Waals surface area contributed by atoms with E-state index in [1.807, 2.05) is 33.7 Å². The normalized spacial score (nSPS) is 19.5. The lowest BCUT2D eigenvalue weighted by molar-refractivity contribution is 0.0730. The number of fused-ring (bicyclic) bond motifs is 1. The summed E-state index contributed by atoms with van der Waals surface area (Å²) in [6.07, 6.45) is 4.01. The summed E-state index contributed by atoms with van der Waals surface area (Å²) >= 11 is 1.13. The van der Waals surface area contributed by atoms with Crippen LogP contribution >= 0.6 is 11.5 Å². The van der Waals surface area contributed by atoms with Crippen molar-refractivity contribution in [1.29, 1.82) is 0 Å². The van der Waals surface area contributed by atoms with Crippen LogP contribution in [0.2, 0.25) is 0 Å². The van der Waals surface area contributed by atoms with Gasteiger partial charge in [-0.15, -0.1) is 5.10 Å². The highest BCUT2D eigenvalue weighted by molar-refractivity contribution is 7.07. The Labute approximate surface area is 166 Å². The molecular weight excluding hydrogens is 374 g/mol. The maximum Gasteiger partial charge on any atom is 0.268 e. The fourth-order valence-corrected chi connectivity index (χ4v) is 4.62. The largest absolute Gasteiger partial charge is 0.328 e. The van der Waals surface area contributed by atoms with Gasteiger partial charge in [0.1, 0.15) is 10.7 Å². The van der Waals surface area contributed by atoms with Gasteiger partial charge in [-0.25, -0.2) is 4.98 Å². The maximum absolute atomic E-state index is 13.2. The molecule has 1 amide bonds. The third-order valence-electron chi connectivity index (χ3n) is 5.69. The molecule has 1 aliphatic carbocycles. The number of carbonyl (C=O) groups is 1. The highest BCUT2D eigenvalue weighted by atomic mass is 32.1. The number of rotatable bonds is 4. The number of aryl methyl sites for hydroxylation is 1. The van der Waals surface area contributed by atoms with Crippen molar-refractivity contribution in [2.24, 2.45) is 5.92 Å². The molecule has 0 spiro atoms. The van der Waals surface area contributed by atoms with Crippen LogP contribution in [0.1, 0.15) is 52.9 Å². The van der Waals surface area contributed by atoms with E-state index in [1.165, 1.54) is 0 Å². The summed E-state index contributed by atoms with van der Waals surface area (Å²) < 4.78 is 5.73. The minimum atomic E-state index is -0.190. The average molecular weight is 395 g/mol. The lowest BCUT2D eigenvalue weighted by Gasteiger charge is -2.26. The Kier molecular flexibility index (Phi) is 4.23. The van der Waals surface area contributed by atoms with E-state index in [1.54, 1.807) is 6.92 Å². The van der Waals surface area contributed by atoms with Crippen LogP contribution in [0.3, 0.4) is 0 Å². The van der Waals surface area contributed by atoms with Crippen molar-refractivity contribution in [3.8, 4) is 0 Å². The molecule has 1 aliphatic heterocycles. The first-order valence-corrected chi connectivity index (χ1v) is 10.5. The smallest absolute Gasteiger partial charge is 0.268 e. The van der Waals surface area contributed by atoms with E-state index in [4.69, 9.17) is 4.98 Å². The molecule has 5 rings (SSSR count). The number of hydrogen-bond acceptors (Lipinski definition) is 6. The highest BCUT2D eigenvalue weighted by Gasteiger charge is 2.36. The zero-order chi connectivity index (χ0) is 19.3. The predicted molar refractivity (Wildman–Crippen MR) is 106 cm³/mol. The Balaban J connectivity index is 1.61. The van der Waals surface area contributed by atoms with E-state index < -0.39 is 0 Å². The topological polar surface area (TPSA) is 81.0 Å². The zero-order valence-corrected chi connectivity index (χ0v) is 16.5. The molecule has 144 valence electrons. The summed E-state index contributed by atoms with van der Waals surface area (Å²) in [7, 11) is 0. The van der Waals surface area contributed by atoms with Crippen LogP contribution in [0, 0.1) is 12.8 Å². The molecule has 1 unspecified atom stereocenters. The van der Waals surface area contributed by atoms with Crippen molar-refractivity contribution < 1.29 is 4.79 Å². The van der Waals surface area contributed by atoms with Crippen molar-refractivity contribution in [3.63, 3.8) is 0 Å². The fourth-order valence-electron chi connectivity index (χ4n) is 4.01. The molecular formula is C20H21N5O2S. The van der Waals surface area contributed by atoms with Gasteiger partial charge in [0.15, 0.2) is 0 Å². The Morgan fingerprint density at radius 1 is 1.25 bits per heavy atom. The van der Waals surface area contributed by atoms with Crippen molar-refractivity contribution in [2.75, 3.05) is 6.54 Å². The van der Waals surface area contributed by atoms with E-state index in [0.29, 0.717) is 40.5 Å². The third kappa shape index (κ3) is 2.92. The molecule has 1 saturated carbocycles. The molecule has 1 aromatic carbocycles.